The highest BCUT2D eigenvalue weighted by Crippen LogP contribution is 2.28. The standard InChI is InChI=1S/C19H24F3N3O.HI/c1-2-23-18(25-16-9-11-17(26)12-10-16)24-13-3-4-14-5-7-15(8-6-14)19(20,21)22;/h5-8,16-17,26H,2,9-13H2,1H3,(H2,23,24,25);1H. The lowest BCUT2D eigenvalue weighted by atomic mass is 9.93. The summed E-state index contributed by atoms with van der Waals surface area (Å²) in [5.41, 5.74) is -0.162. The van der Waals surface area contributed by atoms with Gasteiger partial charge < -0.3 is 15.7 Å². The van der Waals surface area contributed by atoms with Gasteiger partial charge in [0.15, 0.2) is 5.96 Å². The minimum Gasteiger partial charge on any atom is -0.393 e. The highest BCUT2D eigenvalue weighted by atomic mass is 127. The van der Waals surface area contributed by atoms with Crippen molar-refractivity contribution in [3.63, 3.8) is 0 Å². The van der Waals surface area contributed by atoms with Gasteiger partial charge in [-0.25, -0.2) is 4.99 Å². The Morgan fingerprint density at radius 2 is 1.81 bits per heavy atom. The van der Waals surface area contributed by atoms with Gasteiger partial charge in [0.25, 0.3) is 0 Å². The summed E-state index contributed by atoms with van der Waals surface area (Å²) in [6, 6.07) is 5.04. The highest BCUT2D eigenvalue weighted by Gasteiger charge is 2.29. The van der Waals surface area contributed by atoms with E-state index in [2.05, 4.69) is 27.5 Å². The molecule has 1 aliphatic rings. The van der Waals surface area contributed by atoms with E-state index >= 15 is 0 Å². The Labute approximate surface area is 175 Å². The smallest absolute Gasteiger partial charge is 0.393 e. The average Bonchev–Trinajstić information content (AvgIpc) is 2.60. The number of hydrogen-bond donors (Lipinski definition) is 3. The first-order valence-corrected chi connectivity index (χ1v) is 8.77. The quantitative estimate of drug-likeness (QED) is 0.260. The zero-order chi connectivity index (χ0) is 19.0. The number of aliphatic hydroxyl groups is 1. The van der Waals surface area contributed by atoms with Crippen molar-refractivity contribution in [3.05, 3.63) is 35.4 Å². The minimum atomic E-state index is -4.34. The Morgan fingerprint density at radius 3 is 2.37 bits per heavy atom. The predicted octanol–water partition coefficient (Wildman–Crippen LogP) is 3.53. The number of guanidine groups is 1. The molecule has 0 heterocycles. The maximum atomic E-state index is 12.5. The van der Waals surface area contributed by atoms with E-state index in [0.29, 0.717) is 18.1 Å². The molecule has 0 spiro atoms. The van der Waals surface area contributed by atoms with E-state index in [-0.39, 0.29) is 42.7 Å². The van der Waals surface area contributed by atoms with Crippen LogP contribution in [0.1, 0.15) is 43.7 Å². The first-order valence-electron chi connectivity index (χ1n) is 8.77. The fourth-order valence-electron chi connectivity index (χ4n) is 2.74. The zero-order valence-corrected chi connectivity index (χ0v) is 17.5. The molecule has 1 aliphatic carbocycles. The maximum absolute atomic E-state index is 12.5. The lowest BCUT2D eigenvalue weighted by molar-refractivity contribution is -0.137. The van der Waals surface area contributed by atoms with E-state index in [0.717, 1.165) is 37.8 Å². The maximum Gasteiger partial charge on any atom is 0.416 e. The SMILES string of the molecule is CCNC(=NCC#Cc1ccc(C(F)(F)F)cc1)NC1CCC(O)CC1.I. The number of benzene rings is 1. The Kier molecular flexibility index (Phi) is 9.94. The number of aliphatic imine (C=N–C) groups is 1. The van der Waals surface area contributed by atoms with Gasteiger partial charge in [0.1, 0.15) is 6.54 Å². The van der Waals surface area contributed by atoms with Crippen LogP contribution >= 0.6 is 24.0 Å². The fraction of sp³-hybridized carbons (Fsp3) is 0.526. The topological polar surface area (TPSA) is 56.7 Å². The number of nitrogens with zero attached hydrogens (tertiary/aromatic N) is 1. The van der Waals surface area contributed by atoms with Crippen molar-refractivity contribution in [2.75, 3.05) is 13.1 Å². The Bertz CT molecular complexity index is 658. The normalized spacial score (nSPS) is 20.1. The second-order valence-corrected chi connectivity index (χ2v) is 6.22. The lowest BCUT2D eigenvalue weighted by Crippen LogP contribution is -2.45. The third-order valence-corrected chi connectivity index (χ3v) is 4.14. The number of halogens is 4. The first-order chi connectivity index (χ1) is 12.4. The molecule has 27 heavy (non-hydrogen) atoms. The number of nitrogens with one attached hydrogen (secondary N) is 2. The minimum absolute atomic E-state index is 0. The van der Waals surface area contributed by atoms with Crippen molar-refractivity contribution in [1.29, 1.82) is 0 Å². The fourth-order valence-corrected chi connectivity index (χ4v) is 2.74. The van der Waals surface area contributed by atoms with Gasteiger partial charge in [-0.1, -0.05) is 11.8 Å². The predicted molar refractivity (Wildman–Crippen MR) is 111 cm³/mol. The Hall–Kier alpha value is -1.47. The van der Waals surface area contributed by atoms with E-state index < -0.39 is 11.7 Å². The molecule has 0 aromatic heterocycles. The molecule has 1 fully saturated rings. The summed E-state index contributed by atoms with van der Waals surface area (Å²) in [5.74, 6) is 6.33. The van der Waals surface area contributed by atoms with Crippen molar-refractivity contribution in [2.24, 2.45) is 4.99 Å². The van der Waals surface area contributed by atoms with Crippen LogP contribution in [0.5, 0.6) is 0 Å². The van der Waals surface area contributed by atoms with E-state index in [1.54, 1.807) is 0 Å². The summed E-state index contributed by atoms with van der Waals surface area (Å²) in [5, 5.41) is 16.0. The molecular weight excluding hydrogens is 470 g/mol. The van der Waals surface area contributed by atoms with Crippen LogP contribution in [0.2, 0.25) is 0 Å². The third kappa shape index (κ3) is 8.39. The van der Waals surface area contributed by atoms with Crippen LogP contribution < -0.4 is 10.6 Å². The van der Waals surface area contributed by atoms with Crippen molar-refractivity contribution in [2.45, 2.75) is 50.9 Å². The van der Waals surface area contributed by atoms with Crippen LogP contribution in [0.3, 0.4) is 0 Å². The summed E-state index contributed by atoms with van der Waals surface area (Å²) in [4.78, 5) is 4.38. The molecule has 3 N–H and O–H groups in total. The molecule has 1 aromatic rings. The lowest BCUT2D eigenvalue weighted by Gasteiger charge is -2.27. The molecule has 2 rings (SSSR count). The summed E-state index contributed by atoms with van der Waals surface area (Å²) >= 11 is 0. The summed E-state index contributed by atoms with van der Waals surface area (Å²) in [6.07, 6.45) is -1.19. The van der Waals surface area contributed by atoms with Gasteiger partial charge in [-0.3, -0.25) is 0 Å². The van der Waals surface area contributed by atoms with Crippen LogP contribution in [0.15, 0.2) is 29.3 Å². The second kappa shape index (κ2) is 11.4. The number of hydrogen-bond acceptors (Lipinski definition) is 2. The largest absolute Gasteiger partial charge is 0.416 e. The Morgan fingerprint density at radius 1 is 1.19 bits per heavy atom. The number of alkyl halides is 3. The van der Waals surface area contributed by atoms with Crippen molar-refractivity contribution in [1.82, 2.24) is 10.6 Å². The molecule has 4 nitrogen and oxygen atoms in total. The van der Waals surface area contributed by atoms with Crippen LogP contribution in [-0.4, -0.2) is 36.3 Å². The van der Waals surface area contributed by atoms with Gasteiger partial charge in [0.05, 0.1) is 11.7 Å². The van der Waals surface area contributed by atoms with Crippen LogP contribution in [-0.2, 0) is 6.18 Å². The second-order valence-electron chi connectivity index (χ2n) is 6.22. The molecule has 0 radical (unpaired) electrons. The van der Waals surface area contributed by atoms with Gasteiger partial charge in [-0.05, 0) is 56.9 Å². The van der Waals surface area contributed by atoms with Gasteiger partial charge >= 0.3 is 6.18 Å². The first kappa shape index (κ1) is 23.6. The molecule has 0 aliphatic heterocycles. The molecule has 0 atom stereocenters. The molecular formula is C19H25F3IN3O. The van der Waals surface area contributed by atoms with Gasteiger partial charge in [-0.15, -0.1) is 24.0 Å². The van der Waals surface area contributed by atoms with E-state index in [1.807, 2.05) is 6.92 Å². The molecule has 0 saturated heterocycles. The van der Waals surface area contributed by atoms with E-state index in [1.165, 1.54) is 12.1 Å². The summed E-state index contributed by atoms with van der Waals surface area (Å²) in [7, 11) is 0. The third-order valence-electron chi connectivity index (χ3n) is 4.14. The molecule has 8 heteroatoms. The van der Waals surface area contributed by atoms with E-state index in [9.17, 15) is 18.3 Å². The molecule has 150 valence electrons. The summed E-state index contributed by atoms with van der Waals surface area (Å²) < 4.78 is 37.6. The summed E-state index contributed by atoms with van der Waals surface area (Å²) in [6.45, 7) is 2.93. The Balaban J connectivity index is 0.00000364. The monoisotopic (exact) mass is 495 g/mol. The average molecular weight is 495 g/mol. The number of rotatable bonds is 3. The molecule has 0 bridgehead atoms. The zero-order valence-electron chi connectivity index (χ0n) is 15.1. The molecule has 1 aromatic carbocycles. The molecule has 0 unspecified atom stereocenters. The van der Waals surface area contributed by atoms with Gasteiger partial charge in [-0.2, -0.15) is 13.2 Å². The van der Waals surface area contributed by atoms with Gasteiger partial charge in [0.2, 0.25) is 0 Å². The van der Waals surface area contributed by atoms with Crippen molar-refractivity contribution >= 4 is 29.9 Å². The molecule has 0 amide bonds. The van der Waals surface area contributed by atoms with Crippen molar-refractivity contribution < 1.29 is 18.3 Å². The highest BCUT2D eigenvalue weighted by molar-refractivity contribution is 14.0. The van der Waals surface area contributed by atoms with Gasteiger partial charge in [0, 0.05) is 18.2 Å². The van der Waals surface area contributed by atoms with Crippen molar-refractivity contribution in [3.8, 4) is 11.8 Å². The number of aliphatic hydroxyl groups excluding tert-OH is 1. The molecule has 1 saturated carbocycles. The van der Waals surface area contributed by atoms with Crippen LogP contribution in [0, 0.1) is 11.8 Å². The van der Waals surface area contributed by atoms with Crippen LogP contribution in [0.25, 0.3) is 0 Å². The van der Waals surface area contributed by atoms with Crippen LogP contribution in [0.4, 0.5) is 13.2 Å². The van der Waals surface area contributed by atoms with E-state index in [4.69, 9.17) is 0 Å².